The van der Waals surface area contributed by atoms with Crippen molar-refractivity contribution in [3.63, 3.8) is 0 Å². The van der Waals surface area contributed by atoms with Gasteiger partial charge in [-0.3, -0.25) is 4.79 Å². The van der Waals surface area contributed by atoms with E-state index in [1.54, 1.807) is 0 Å². The lowest BCUT2D eigenvalue weighted by Gasteiger charge is -2.30. The van der Waals surface area contributed by atoms with Crippen molar-refractivity contribution in [1.82, 2.24) is 0 Å². The Bertz CT molecular complexity index is 203. The van der Waals surface area contributed by atoms with Gasteiger partial charge in [-0.2, -0.15) is 0 Å². The van der Waals surface area contributed by atoms with Gasteiger partial charge in [-0.15, -0.1) is 0 Å². The summed E-state index contributed by atoms with van der Waals surface area (Å²) in [6.45, 7) is 0. The van der Waals surface area contributed by atoms with Crippen molar-refractivity contribution >= 4 is 5.78 Å². The quantitative estimate of drug-likeness (QED) is 0.502. The largest absolute Gasteiger partial charge is 0.364 e. The summed E-state index contributed by atoms with van der Waals surface area (Å²) < 4.78 is 11.0. The topological polar surface area (TPSA) is 35.5 Å². The third-order valence-electron chi connectivity index (χ3n) is 2.89. The summed E-state index contributed by atoms with van der Waals surface area (Å²) in [6, 6.07) is 0. The molecule has 0 saturated carbocycles. The van der Waals surface area contributed by atoms with Gasteiger partial charge in [0.15, 0.2) is 5.78 Å². The second kappa shape index (κ2) is 1.84. The van der Waals surface area contributed by atoms with Crippen LogP contribution < -0.4 is 0 Å². The van der Waals surface area contributed by atoms with Crippen LogP contribution in [-0.2, 0) is 14.3 Å². The molecule has 3 saturated heterocycles. The molecule has 0 aliphatic carbocycles. The molecule has 3 heteroatoms. The first-order valence-corrected chi connectivity index (χ1v) is 4.19. The van der Waals surface area contributed by atoms with Gasteiger partial charge < -0.3 is 9.47 Å². The molecule has 3 aliphatic heterocycles. The molecule has 60 valence electrons. The third kappa shape index (κ3) is 0.676. The van der Waals surface area contributed by atoms with Gasteiger partial charge in [0.25, 0.3) is 0 Å². The summed E-state index contributed by atoms with van der Waals surface area (Å²) >= 11 is 0. The highest BCUT2D eigenvalue weighted by Crippen LogP contribution is 2.39. The number of carbonyl (C=O) groups is 1. The molecule has 3 fully saturated rings. The normalized spacial score (nSPS) is 53.6. The van der Waals surface area contributed by atoms with Crippen LogP contribution in [0.5, 0.6) is 0 Å². The molecule has 0 radical (unpaired) electrons. The fourth-order valence-electron chi connectivity index (χ4n) is 2.31. The number of carbonyl (C=O) groups excluding carboxylic acids is 1. The Kier molecular flexibility index (Phi) is 1.03. The van der Waals surface area contributed by atoms with Crippen molar-refractivity contribution in [1.29, 1.82) is 0 Å². The van der Waals surface area contributed by atoms with Crippen molar-refractivity contribution in [3.8, 4) is 0 Å². The molecule has 3 nitrogen and oxygen atoms in total. The molecule has 0 spiro atoms. The highest BCUT2D eigenvalue weighted by Gasteiger charge is 2.51. The summed E-state index contributed by atoms with van der Waals surface area (Å²) in [6.07, 6.45) is 2.90. The average Bonchev–Trinajstić information content (AvgIpc) is 2.33. The van der Waals surface area contributed by atoms with Crippen LogP contribution in [0.2, 0.25) is 0 Å². The molecule has 3 heterocycles. The first-order chi connectivity index (χ1) is 5.34. The smallest absolute Gasteiger partial charge is 0.190 e. The average molecular weight is 154 g/mol. The molecule has 3 aliphatic rings. The summed E-state index contributed by atoms with van der Waals surface area (Å²) in [5.41, 5.74) is 0. The Morgan fingerprint density at radius 2 is 1.91 bits per heavy atom. The summed E-state index contributed by atoms with van der Waals surface area (Å²) in [7, 11) is 0. The van der Waals surface area contributed by atoms with E-state index in [1.807, 2.05) is 0 Å². The number of hydrogen-bond donors (Lipinski definition) is 0. The van der Waals surface area contributed by atoms with Gasteiger partial charge in [0, 0.05) is 6.42 Å². The maximum atomic E-state index is 11.4. The van der Waals surface area contributed by atoms with Gasteiger partial charge in [-0.1, -0.05) is 0 Å². The highest BCUT2D eigenvalue weighted by atomic mass is 16.6. The Morgan fingerprint density at radius 1 is 1.09 bits per heavy atom. The van der Waals surface area contributed by atoms with Crippen LogP contribution >= 0.6 is 0 Å². The maximum Gasteiger partial charge on any atom is 0.190 e. The first kappa shape index (κ1) is 6.14. The molecular weight excluding hydrogens is 144 g/mol. The zero-order valence-corrected chi connectivity index (χ0v) is 6.16. The lowest BCUT2D eigenvalue weighted by molar-refractivity contribution is -0.145. The maximum absolute atomic E-state index is 11.4. The van der Waals surface area contributed by atoms with Gasteiger partial charge in [0.2, 0.25) is 0 Å². The van der Waals surface area contributed by atoms with Crippen LogP contribution in [0.3, 0.4) is 0 Å². The molecule has 0 N–H and O–H groups in total. The van der Waals surface area contributed by atoms with E-state index in [9.17, 15) is 4.79 Å². The Labute approximate surface area is 64.7 Å². The van der Waals surface area contributed by atoms with Gasteiger partial charge in [-0.25, -0.2) is 0 Å². The SMILES string of the molecule is O=C1C2CC3OC1CCC3O2. The number of fused-ring (bicyclic) bond motifs is 2. The Morgan fingerprint density at radius 3 is 2.82 bits per heavy atom. The molecule has 3 bridgehead atoms. The minimum atomic E-state index is -0.127. The van der Waals surface area contributed by atoms with E-state index in [0.717, 1.165) is 19.3 Å². The minimum absolute atomic E-state index is 0.119. The highest BCUT2D eigenvalue weighted by molar-refractivity contribution is 5.88. The van der Waals surface area contributed by atoms with Crippen LogP contribution in [0, 0.1) is 0 Å². The summed E-state index contributed by atoms with van der Waals surface area (Å²) in [4.78, 5) is 11.4. The van der Waals surface area contributed by atoms with E-state index in [4.69, 9.17) is 9.47 Å². The number of Topliss-reactive ketones (excluding diaryl/α,β-unsaturated/α-hetero) is 1. The molecule has 0 aromatic carbocycles. The summed E-state index contributed by atoms with van der Waals surface area (Å²) in [5.74, 6) is 0.182. The van der Waals surface area contributed by atoms with Crippen molar-refractivity contribution in [3.05, 3.63) is 0 Å². The third-order valence-corrected chi connectivity index (χ3v) is 2.89. The monoisotopic (exact) mass is 154 g/mol. The molecule has 3 rings (SSSR count). The van der Waals surface area contributed by atoms with Gasteiger partial charge in [0.1, 0.15) is 12.2 Å². The van der Waals surface area contributed by atoms with Crippen molar-refractivity contribution < 1.29 is 14.3 Å². The second-order valence-electron chi connectivity index (χ2n) is 3.54. The molecule has 0 aromatic heterocycles. The standard InChI is InChI=1S/C8H10O3/c9-8-5-2-1-4-6(11-5)3-7(8)10-4/h4-7H,1-3H2. The zero-order valence-electron chi connectivity index (χ0n) is 6.16. The van der Waals surface area contributed by atoms with E-state index >= 15 is 0 Å². The minimum Gasteiger partial charge on any atom is -0.364 e. The number of rotatable bonds is 0. The Balaban J connectivity index is 2.01. The van der Waals surface area contributed by atoms with Gasteiger partial charge >= 0.3 is 0 Å². The van der Waals surface area contributed by atoms with E-state index in [1.165, 1.54) is 0 Å². The predicted molar refractivity (Wildman–Crippen MR) is 36.2 cm³/mol. The van der Waals surface area contributed by atoms with E-state index in [0.29, 0.717) is 0 Å². The molecule has 4 unspecified atom stereocenters. The van der Waals surface area contributed by atoms with E-state index < -0.39 is 0 Å². The van der Waals surface area contributed by atoms with Crippen LogP contribution in [0.4, 0.5) is 0 Å². The fourth-order valence-corrected chi connectivity index (χ4v) is 2.31. The number of ether oxygens (including phenoxy) is 2. The lowest BCUT2D eigenvalue weighted by atomic mass is 9.91. The number of hydrogen-bond acceptors (Lipinski definition) is 3. The zero-order chi connectivity index (χ0) is 7.42. The van der Waals surface area contributed by atoms with Crippen LogP contribution in [0.15, 0.2) is 0 Å². The van der Waals surface area contributed by atoms with Crippen molar-refractivity contribution in [2.24, 2.45) is 0 Å². The summed E-state index contributed by atoms with van der Waals surface area (Å²) in [5, 5.41) is 0. The molecule has 0 amide bonds. The molecule has 4 atom stereocenters. The van der Waals surface area contributed by atoms with Gasteiger partial charge in [0.05, 0.1) is 12.2 Å². The first-order valence-electron chi connectivity index (χ1n) is 4.19. The fraction of sp³-hybridized carbons (Fsp3) is 0.875. The number of ketones is 1. The second-order valence-corrected chi connectivity index (χ2v) is 3.54. The van der Waals surface area contributed by atoms with Crippen LogP contribution in [-0.4, -0.2) is 30.2 Å². The van der Waals surface area contributed by atoms with Gasteiger partial charge in [-0.05, 0) is 12.8 Å². The van der Waals surface area contributed by atoms with Crippen LogP contribution in [0.1, 0.15) is 19.3 Å². The van der Waals surface area contributed by atoms with Crippen molar-refractivity contribution in [2.45, 2.75) is 43.7 Å². The molecular formula is C8H10O3. The molecule has 0 aromatic rings. The molecule has 11 heavy (non-hydrogen) atoms. The lowest BCUT2D eigenvalue weighted by Crippen LogP contribution is -2.43. The predicted octanol–water partition coefficient (Wildman–Crippen LogP) is 0.274. The van der Waals surface area contributed by atoms with Crippen LogP contribution in [0.25, 0.3) is 0 Å². The van der Waals surface area contributed by atoms with E-state index in [2.05, 4.69) is 0 Å². The Hall–Kier alpha value is -0.410. The van der Waals surface area contributed by atoms with E-state index in [-0.39, 0.29) is 30.2 Å². The van der Waals surface area contributed by atoms with Crippen molar-refractivity contribution in [2.75, 3.05) is 0 Å².